The Balaban J connectivity index is 1.89. The first-order chi connectivity index (χ1) is 15.2. The van der Waals surface area contributed by atoms with Gasteiger partial charge in [-0.1, -0.05) is 12.1 Å². The third-order valence-corrected chi connectivity index (χ3v) is 6.02. The second-order valence-corrected chi connectivity index (χ2v) is 8.58. The van der Waals surface area contributed by atoms with Gasteiger partial charge >= 0.3 is 17.9 Å². The Hall–Kier alpha value is -3.01. The molecule has 2 heterocycles. The third-order valence-electron chi connectivity index (χ3n) is 4.81. The molecule has 10 heteroatoms. The topological polar surface area (TPSA) is 117 Å². The van der Waals surface area contributed by atoms with Gasteiger partial charge in [-0.05, 0) is 31.5 Å². The summed E-state index contributed by atoms with van der Waals surface area (Å²) in [4.78, 5) is 35.1. The number of ether oxygens (including phenoxy) is 4. The average Bonchev–Trinajstić information content (AvgIpc) is 3.03. The van der Waals surface area contributed by atoms with E-state index in [4.69, 9.17) is 18.9 Å². The van der Waals surface area contributed by atoms with Crippen LogP contribution >= 0.6 is 11.8 Å². The smallest absolute Gasteiger partial charge is 0.303 e. The second-order valence-electron chi connectivity index (χ2n) is 7.45. The highest BCUT2D eigenvalue weighted by atomic mass is 32.2. The number of nitrogens with one attached hydrogen (secondary N) is 1. The van der Waals surface area contributed by atoms with E-state index >= 15 is 0 Å². The van der Waals surface area contributed by atoms with Gasteiger partial charge in [0.2, 0.25) is 0 Å². The van der Waals surface area contributed by atoms with Crippen molar-refractivity contribution in [3.63, 3.8) is 0 Å². The highest BCUT2D eigenvalue weighted by molar-refractivity contribution is 7.99. The van der Waals surface area contributed by atoms with Gasteiger partial charge in [0.25, 0.3) is 0 Å². The van der Waals surface area contributed by atoms with Crippen molar-refractivity contribution in [2.45, 2.75) is 58.4 Å². The van der Waals surface area contributed by atoms with Gasteiger partial charge in [-0.2, -0.15) is 5.10 Å². The second kappa shape index (κ2) is 10.1. The molecule has 9 nitrogen and oxygen atoms in total. The average molecular weight is 463 g/mol. The number of carbonyl (C=O) groups excluding carboxylic acids is 3. The Bertz CT molecular complexity index is 986. The molecule has 0 unspecified atom stereocenters. The Kier molecular flexibility index (Phi) is 7.44. The molecule has 1 aliphatic heterocycles. The molecule has 0 saturated carbocycles. The minimum absolute atomic E-state index is 0.305. The molecule has 2 aromatic rings. The Labute approximate surface area is 190 Å². The molecule has 1 saturated heterocycles. The summed E-state index contributed by atoms with van der Waals surface area (Å²) in [6.07, 6.45) is -2.73. The first-order valence-electron chi connectivity index (χ1n) is 10.1. The van der Waals surface area contributed by atoms with Crippen LogP contribution in [-0.2, 0) is 28.6 Å². The van der Waals surface area contributed by atoms with Crippen LogP contribution < -0.4 is 4.74 Å². The molecule has 1 aromatic heterocycles. The summed E-state index contributed by atoms with van der Waals surface area (Å²) in [5.74, 6) is -0.817. The zero-order chi connectivity index (χ0) is 23.4. The van der Waals surface area contributed by atoms with Crippen LogP contribution in [0.3, 0.4) is 0 Å². The van der Waals surface area contributed by atoms with Crippen molar-refractivity contribution in [2.75, 3.05) is 5.75 Å². The van der Waals surface area contributed by atoms with Crippen LogP contribution in [0.4, 0.5) is 0 Å². The summed E-state index contributed by atoms with van der Waals surface area (Å²) < 4.78 is 22.4. The van der Waals surface area contributed by atoms with E-state index in [-0.39, 0.29) is 0 Å². The van der Waals surface area contributed by atoms with Crippen LogP contribution in [0.25, 0.3) is 11.1 Å². The van der Waals surface area contributed by atoms with E-state index in [1.807, 2.05) is 32.0 Å². The largest absolute Gasteiger partial charge is 0.476 e. The molecule has 0 spiro atoms. The Morgan fingerprint density at radius 3 is 2.25 bits per heavy atom. The first-order valence-corrected chi connectivity index (χ1v) is 11.1. The zero-order valence-electron chi connectivity index (χ0n) is 18.5. The van der Waals surface area contributed by atoms with Crippen LogP contribution in [0.5, 0.6) is 5.75 Å². The van der Waals surface area contributed by atoms with Crippen molar-refractivity contribution in [2.24, 2.45) is 0 Å². The number of rotatable bonds is 6. The highest BCUT2D eigenvalue weighted by Crippen LogP contribution is 2.35. The van der Waals surface area contributed by atoms with Gasteiger partial charge in [-0.15, -0.1) is 11.8 Å². The number of hydrogen-bond donors (Lipinski definition) is 1. The van der Waals surface area contributed by atoms with Gasteiger partial charge < -0.3 is 18.9 Å². The van der Waals surface area contributed by atoms with Gasteiger partial charge in [-0.3, -0.25) is 19.5 Å². The Morgan fingerprint density at radius 1 is 1.00 bits per heavy atom. The van der Waals surface area contributed by atoms with Crippen LogP contribution in [0.1, 0.15) is 32.2 Å². The van der Waals surface area contributed by atoms with Crippen molar-refractivity contribution in [1.82, 2.24) is 10.2 Å². The van der Waals surface area contributed by atoms with Crippen molar-refractivity contribution < 1.29 is 33.3 Å². The summed E-state index contributed by atoms with van der Waals surface area (Å²) in [7, 11) is 0. The maximum absolute atomic E-state index is 11.8. The number of thioether (sulfide) groups is 1. The number of aromatic nitrogens is 2. The molecule has 1 fully saturated rings. The van der Waals surface area contributed by atoms with E-state index < -0.39 is 41.7 Å². The van der Waals surface area contributed by atoms with E-state index in [0.29, 0.717) is 11.5 Å². The lowest BCUT2D eigenvalue weighted by molar-refractivity contribution is -0.186. The third kappa shape index (κ3) is 5.61. The van der Waals surface area contributed by atoms with Crippen LogP contribution in [0.15, 0.2) is 24.3 Å². The van der Waals surface area contributed by atoms with Gasteiger partial charge in [0.15, 0.2) is 23.7 Å². The number of nitrogens with zero attached hydrogens (tertiary/aromatic N) is 1. The first kappa shape index (κ1) is 23.6. The van der Waals surface area contributed by atoms with Crippen molar-refractivity contribution in [3.8, 4) is 16.9 Å². The van der Waals surface area contributed by atoms with Gasteiger partial charge in [0.05, 0.1) is 5.69 Å². The minimum atomic E-state index is -0.993. The molecule has 1 N–H and O–H groups in total. The van der Waals surface area contributed by atoms with E-state index in [1.54, 1.807) is 6.07 Å². The molecular weight excluding hydrogens is 436 g/mol. The fourth-order valence-electron chi connectivity index (χ4n) is 3.65. The fraction of sp³-hybridized carbons (Fsp3) is 0.455. The summed E-state index contributed by atoms with van der Waals surface area (Å²) >= 11 is 1.31. The predicted octanol–water partition coefficient (Wildman–Crippen LogP) is 2.94. The molecule has 1 aliphatic rings. The predicted molar refractivity (Wildman–Crippen MR) is 117 cm³/mol. The van der Waals surface area contributed by atoms with Crippen LogP contribution in [-0.4, -0.2) is 57.6 Å². The fourth-order valence-corrected chi connectivity index (χ4v) is 4.86. The molecule has 0 bridgehead atoms. The molecule has 0 aliphatic carbocycles. The van der Waals surface area contributed by atoms with E-state index in [2.05, 4.69) is 10.2 Å². The number of esters is 3. The normalized spacial score (nSPS) is 22.7. The van der Waals surface area contributed by atoms with Crippen molar-refractivity contribution in [3.05, 3.63) is 35.7 Å². The van der Waals surface area contributed by atoms with Crippen LogP contribution in [0.2, 0.25) is 0 Å². The standard InChI is InChI=1S/C22H26N2O7S/c1-11-19(12(2)24-23-11)16-7-6-8-17(9-16)31-22-21(30-15(5)27)20(29-14(4)26)18(10-32-22)28-13(3)25/h6-9,18,20-22H,10H2,1-5H3,(H,23,24)/t18-,20+,21-,22+/m1/s1. The van der Waals surface area contributed by atoms with E-state index in [0.717, 1.165) is 22.5 Å². The molecule has 3 rings (SSSR count). The van der Waals surface area contributed by atoms with Gasteiger partial charge in [-0.25, -0.2) is 0 Å². The molecule has 172 valence electrons. The molecule has 0 radical (unpaired) electrons. The number of hydrogen-bond acceptors (Lipinski definition) is 9. The summed E-state index contributed by atoms with van der Waals surface area (Å²) in [5, 5.41) is 7.20. The highest BCUT2D eigenvalue weighted by Gasteiger charge is 2.47. The summed E-state index contributed by atoms with van der Waals surface area (Å²) in [6.45, 7) is 7.62. The molecule has 1 aromatic carbocycles. The van der Waals surface area contributed by atoms with E-state index in [9.17, 15) is 14.4 Å². The number of carbonyl (C=O) groups is 3. The van der Waals surface area contributed by atoms with Crippen molar-refractivity contribution >= 4 is 29.7 Å². The van der Waals surface area contributed by atoms with Gasteiger partial charge in [0, 0.05) is 37.8 Å². The lowest BCUT2D eigenvalue weighted by atomic mass is 10.0. The quantitative estimate of drug-likeness (QED) is 0.511. The SMILES string of the molecule is CC(=O)O[C@@H]1[C@@H](OC(C)=O)[C@@H](Oc2cccc(-c3c(C)n[nH]c3C)c2)SC[C@H]1OC(C)=O. The minimum Gasteiger partial charge on any atom is -0.476 e. The Morgan fingerprint density at radius 2 is 1.66 bits per heavy atom. The zero-order valence-corrected chi connectivity index (χ0v) is 19.4. The number of H-pyrrole nitrogens is 1. The lowest BCUT2D eigenvalue weighted by Crippen LogP contribution is -2.55. The maximum atomic E-state index is 11.8. The number of aryl methyl sites for hydroxylation is 2. The summed E-state index contributed by atoms with van der Waals surface area (Å²) in [6, 6.07) is 7.47. The van der Waals surface area contributed by atoms with Crippen molar-refractivity contribution in [1.29, 1.82) is 0 Å². The van der Waals surface area contributed by atoms with Crippen LogP contribution in [0, 0.1) is 13.8 Å². The molecular formula is C22H26N2O7S. The molecule has 0 amide bonds. The van der Waals surface area contributed by atoms with E-state index in [1.165, 1.54) is 32.5 Å². The monoisotopic (exact) mass is 462 g/mol. The number of benzene rings is 1. The summed E-state index contributed by atoms with van der Waals surface area (Å²) in [5.41, 5.74) is 3.02. The van der Waals surface area contributed by atoms with Gasteiger partial charge in [0.1, 0.15) is 5.75 Å². The molecule has 4 atom stereocenters. The molecule has 32 heavy (non-hydrogen) atoms. The number of aromatic amines is 1. The maximum Gasteiger partial charge on any atom is 0.303 e. The lowest BCUT2D eigenvalue weighted by Gasteiger charge is -2.39.